The number of nitriles is 1. The molecule has 0 aliphatic rings. The van der Waals surface area contributed by atoms with Gasteiger partial charge >= 0.3 is 0 Å². The number of para-hydroxylation sites is 2. The van der Waals surface area contributed by atoms with Gasteiger partial charge in [-0.25, -0.2) is 4.98 Å². The van der Waals surface area contributed by atoms with Crippen LogP contribution in [0.25, 0.3) is 16.6 Å². The van der Waals surface area contributed by atoms with Crippen molar-refractivity contribution in [2.45, 2.75) is 6.92 Å². The molecule has 0 saturated carbocycles. The SMILES string of the molecule is Cc1ccc(NC(=O)CN(C)C/C(O)=C(\C#N)c2nc3ccccc3n2C)cc1. The molecule has 0 aliphatic carbocycles. The Balaban J connectivity index is 1.72. The minimum atomic E-state index is -0.203. The number of anilines is 1. The van der Waals surface area contributed by atoms with E-state index in [1.165, 1.54) is 0 Å². The van der Waals surface area contributed by atoms with Crippen molar-refractivity contribution in [3.8, 4) is 6.07 Å². The van der Waals surface area contributed by atoms with Crippen LogP contribution >= 0.6 is 0 Å². The summed E-state index contributed by atoms with van der Waals surface area (Å²) in [5, 5.41) is 23.0. The summed E-state index contributed by atoms with van der Waals surface area (Å²) in [6, 6.07) is 17.1. The summed E-state index contributed by atoms with van der Waals surface area (Å²) in [7, 11) is 3.50. The quantitative estimate of drug-likeness (QED) is 0.499. The number of carbonyl (C=O) groups is 1. The third kappa shape index (κ3) is 4.62. The van der Waals surface area contributed by atoms with Crippen molar-refractivity contribution in [2.75, 3.05) is 25.5 Å². The lowest BCUT2D eigenvalue weighted by Gasteiger charge is -2.16. The number of aliphatic hydroxyl groups is 1. The Labute approximate surface area is 169 Å². The molecule has 3 aromatic rings. The van der Waals surface area contributed by atoms with Crippen molar-refractivity contribution in [3.63, 3.8) is 0 Å². The van der Waals surface area contributed by atoms with Crippen molar-refractivity contribution >= 4 is 28.2 Å². The molecule has 2 aromatic carbocycles. The standard InChI is InChI=1S/C22H23N5O2/c1-15-8-10-16(11-9-15)24-21(29)14-26(2)13-20(28)17(12-23)22-25-18-6-4-5-7-19(18)27(22)3/h4-11,28H,13-14H2,1-3H3,(H,24,29)/b20-17-. The molecule has 7 nitrogen and oxygen atoms in total. The highest BCUT2D eigenvalue weighted by Gasteiger charge is 2.18. The number of rotatable bonds is 6. The highest BCUT2D eigenvalue weighted by Crippen LogP contribution is 2.22. The Morgan fingerprint density at radius 1 is 1.21 bits per heavy atom. The maximum Gasteiger partial charge on any atom is 0.238 e. The molecule has 1 heterocycles. The molecule has 2 N–H and O–H groups in total. The first-order valence-corrected chi connectivity index (χ1v) is 9.18. The molecule has 29 heavy (non-hydrogen) atoms. The van der Waals surface area contributed by atoms with Crippen molar-refractivity contribution in [1.82, 2.24) is 14.5 Å². The van der Waals surface area contributed by atoms with E-state index in [2.05, 4.69) is 10.3 Å². The third-order valence-electron chi connectivity index (χ3n) is 4.58. The molecule has 0 unspecified atom stereocenters. The number of carbonyl (C=O) groups excluding carboxylic acids is 1. The monoisotopic (exact) mass is 389 g/mol. The van der Waals surface area contributed by atoms with Crippen LogP contribution in [0.15, 0.2) is 54.3 Å². The van der Waals surface area contributed by atoms with Crippen LogP contribution in [-0.4, -0.2) is 45.6 Å². The molecule has 3 rings (SSSR count). The number of hydrogen-bond donors (Lipinski definition) is 2. The van der Waals surface area contributed by atoms with Crippen LogP contribution in [-0.2, 0) is 11.8 Å². The van der Waals surface area contributed by atoms with Crippen LogP contribution in [0.1, 0.15) is 11.4 Å². The number of nitrogens with zero attached hydrogens (tertiary/aromatic N) is 4. The second-order valence-corrected chi connectivity index (χ2v) is 7.00. The van der Waals surface area contributed by atoms with Gasteiger partial charge in [-0.3, -0.25) is 9.69 Å². The number of nitrogens with one attached hydrogen (secondary N) is 1. The lowest BCUT2D eigenvalue weighted by Crippen LogP contribution is -2.31. The van der Waals surface area contributed by atoms with E-state index >= 15 is 0 Å². The predicted octanol–water partition coefficient (Wildman–Crippen LogP) is 3.24. The van der Waals surface area contributed by atoms with E-state index < -0.39 is 0 Å². The summed E-state index contributed by atoms with van der Waals surface area (Å²) < 4.78 is 1.77. The minimum Gasteiger partial charge on any atom is -0.509 e. The smallest absolute Gasteiger partial charge is 0.238 e. The number of aryl methyl sites for hydroxylation is 2. The second kappa shape index (κ2) is 8.59. The minimum absolute atomic E-state index is 0.0490. The van der Waals surface area contributed by atoms with Crippen LogP contribution in [0.3, 0.4) is 0 Å². The molecule has 0 aliphatic heterocycles. The Morgan fingerprint density at radius 3 is 2.55 bits per heavy atom. The first kappa shape index (κ1) is 20.1. The Kier molecular flexibility index (Phi) is 5.96. The van der Waals surface area contributed by atoms with Gasteiger partial charge in [0.05, 0.1) is 24.1 Å². The van der Waals surface area contributed by atoms with Gasteiger partial charge in [-0.15, -0.1) is 0 Å². The average Bonchev–Trinajstić information content (AvgIpc) is 3.01. The van der Waals surface area contributed by atoms with E-state index in [0.717, 1.165) is 16.6 Å². The number of benzene rings is 2. The van der Waals surface area contributed by atoms with Crippen LogP contribution in [0, 0.1) is 18.3 Å². The molecule has 1 amide bonds. The fourth-order valence-corrected chi connectivity index (χ4v) is 3.09. The maximum atomic E-state index is 12.2. The zero-order valence-corrected chi connectivity index (χ0v) is 16.7. The fourth-order valence-electron chi connectivity index (χ4n) is 3.09. The van der Waals surface area contributed by atoms with Crippen LogP contribution in [0.4, 0.5) is 5.69 Å². The van der Waals surface area contributed by atoms with Gasteiger partial charge in [0.1, 0.15) is 17.4 Å². The summed E-state index contributed by atoms with van der Waals surface area (Å²) >= 11 is 0. The predicted molar refractivity (Wildman–Crippen MR) is 113 cm³/mol. The summed E-state index contributed by atoms with van der Waals surface area (Å²) in [5.41, 5.74) is 3.53. The molecule has 0 bridgehead atoms. The summed E-state index contributed by atoms with van der Waals surface area (Å²) in [4.78, 5) is 18.3. The molecular formula is C22H23N5O2. The van der Waals surface area contributed by atoms with Gasteiger partial charge in [-0.2, -0.15) is 5.26 Å². The fraction of sp³-hybridized carbons (Fsp3) is 0.227. The topological polar surface area (TPSA) is 94.2 Å². The lowest BCUT2D eigenvalue weighted by atomic mass is 10.2. The zero-order chi connectivity index (χ0) is 21.0. The van der Waals surface area contributed by atoms with Crippen LogP contribution in [0.2, 0.25) is 0 Å². The van der Waals surface area contributed by atoms with Gasteiger partial charge in [-0.05, 0) is 38.2 Å². The highest BCUT2D eigenvalue weighted by molar-refractivity contribution is 5.92. The number of allylic oxidation sites excluding steroid dienone is 1. The van der Waals surface area contributed by atoms with Gasteiger partial charge in [0.25, 0.3) is 0 Å². The second-order valence-electron chi connectivity index (χ2n) is 7.00. The summed E-state index contributed by atoms with van der Waals surface area (Å²) in [6.07, 6.45) is 0. The molecule has 0 radical (unpaired) electrons. The van der Waals surface area contributed by atoms with E-state index in [4.69, 9.17) is 0 Å². The molecule has 7 heteroatoms. The van der Waals surface area contributed by atoms with Crippen molar-refractivity contribution in [2.24, 2.45) is 7.05 Å². The van der Waals surface area contributed by atoms with Crippen LogP contribution in [0.5, 0.6) is 0 Å². The Morgan fingerprint density at radius 2 is 1.90 bits per heavy atom. The summed E-state index contributed by atoms with van der Waals surface area (Å²) in [5.74, 6) is 0.0608. The molecule has 0 saturated heterocycles. The zero-order valence-electron chi connectivity index (χ0n) is 16.7. The van der Waals surface area contributed by atoms with Gasteiger partial charge < -0.3 is 15.0 Å². The Bertz CT molecular complexity index is 1110. The van der Waals surface area contributed by atoms with Gasteiger partial charge in [0.2, 0.25) is 5.91 Å². The van der Waals surface area contributed by atoms with Crippen molar-refractivity contribution in [1.29, 1.82) is 5.26 Å². The normalized spacial score (nSPS) is 12.0. The van der Waals surface area contributed by atoms with Crippen LogP contribution < -0.4 is 5.32 Å². The molecule has 0 fully saturated rings. The Hall–Kier alpha value is -3.63. The van der Waals surface area contributed by atoms with Gasteiger partial charge in [0.15, 0.2) is 5.82 Å². The number of hydrogen-bond acceptors (Lipinski definition) is 5. The van der Waals surface area contributed by atoms with Gasteiger partial charge in [0, 0.05) is 12.7 Å². The third-order valence-corrected chi connectivity index (χ3v) is 4.58. The molecule has 1 aromatic heterocycles. The highest BCUT2D eigenvalue weighted by atomic mass is 16.3. The number of aliphatic hydroxyl groups excluding tert-OH is 1. The molecule has 0 spiro atoms. The molecular weight excluding hydrogens is 366 g/mol. The summed E-state index contributed by atoms with van der Waals surface area (Å²) in [6.45, 7) is 2.10. The lowest BCUT2D eigenvalue weighted by molar-refractivity contribution is -0.117. The number of fused-ring (bicyclic) bond motifs is 1. The van der Waals surface area contributed by atoms with E-state index in [-0.39, 0.29) is 30.3 Å². The van der Waals surface area contributed by atoms with E-state index in [9.17, 15) is 15.2 Å². The van der Waals surface area contributed by atoms with Crippen molar-refractivity contribution in [3.05, 3.63) is 65.7 Å². The van der Waals surface area contributed by atoms with E-state index in [0.29, 0.717) is 11.5 Å². The molecule has 148 valence electrons. The number of imidazole rings is 1. The number of amides is 1. The largest absolute Gasteiger partial charge is 0.509 e. The maximum absolute atomic E-state index is 12.2. The van der Waals surface area contributed by atoms with E-state index in [1.807, 2.05) is 61.5 Å². The average molecular weight is 389 g/mol. The van der Waals surface area contributed by atoms with E-state index in [1.54, 1.807) is 23.6 Å². The molecule has 0 atom stereocenters. The number of aromatic nitrogens is 2. The van der Waals surface area contributed by atoms with Crippen molar-refractivity contribution < 1.29 is 9.90 Å². The number of likely N-dealkylation sites (N-methyl/N-ethyl adjacent to an activating group) is 1. The first-order valence-electron chi connectivity index (χ1n) is 9.18. The van der Waals surface area contributed by atoms with Gasteiger partial charge in [-0.1, -0.05) is 29.8 Å². The first-order chi connectivity index (χ1) is 13.9.